The number of hydrogen-bond donors (Lipinski definition) is 1. The molecule has 0 aliphatic carbocycles. The SMILES string of the molecule is c1ccc(C2=NC(c3cccc4c3sc3cc(-c5ccc6sc7c(-n8c9ccccc9c9ccccc98)cccc7c6c5)ccc34)=NC(c3ccccc3)N2)cc1. The van der Waals surface area contributed by atoms with E-state index in [0.29, 0.717) is 0 Å². The third-order valence-corrected chi connectivity index (χ3v) is 13.7. The fourth-order valence-electron chi connectivity index (χ4n) is 8.59. The number of rotatable bonds is 5. The van der Waals surface area contributed by atoms with E-state index in [-0.39, 0.29) is 6.17 Å². The number of para-hydroxylation sites is 2. The van der Waals surface area contributed by atoms with Gasteiger partial charge in [0.05, 0.1) is 21.4 Å². The Kier molecular flexibility index (Phi) is 7.30. The molecule has 4 nitrogen and oxygen atoms in total. The summed E-state index contributed by atoms with van der Waals surface area (Å²) in [6.07, 6.45) is -0.244. The minimum atomic E-state index is -0.244. The van der Waals surface area contributed by atoms with Crippen LogP contribution in [-0.2, 0) is 0 Å². The topological polar surface area (TPSA) is 41.7 Å². The number of aromatic nitrogens is 1. The van der Waals surface area contributed by atoms with E-state index in [9.17, 15) is 0 Å². The van der Waals surface area contributed by atoms with E-state index >= 15 is 0 Å². The van der Waals surface area contributed by atoms with E-state index in [1.54, 1.807) is 0 Å². The number of amidine groups is 2. The molecule has 0 fully saturated rings. The third-order valence-electron chi connectivity index (χ3n) is 11.3. The zero-order valence-electron chi connectivity index (χ0n) is 30.6. The predicted molar refractivity (Wildman–Crippen MR) is 244 cm³/mol. The summed E-state index contributed by atoms with van der Waals surface area (Å²) in [6.45, 7) is 0. The molecule has 0 spiro atoms. The maximum absolute atomic E-state index is 5.21. The lowest BCUT2D eigenvalue weighted by Crippen LogP contribution is -2.33. The van der Waals surface area contributed by atoms with Crippen molar-refractivity contribution in [2.24, 2.45) is 9.98 Å². The van der Waals surface area contributed by atoms with Gasteiger partial charge in [-0.1, -0.05) is 140 Å². The summed E-state index contributed by atoms with van der Waals surface area (Å²) < 4.78 is 7.49. The van der Waals surface area contributed by atoms with Gasteiger partial charge in [-0.15, -0.1) is 22.7 Å². The van der Waals surface area contributed by atoms with E-state index in [1.807, 2.05) is 34.8 Å². The van der Waals surface area contributed by atoms with Crippen molar-refractivity contribution >= 4 is 96.5 Å². The summed E-state index contributed by atoms with van der Waals surface area (Å²) >= 11 is 3.70. The second kappa shape index (κ2) is 12.8. The monoisotopic (exact) mass is 764 g/mol. The lowest BCUT2D eigenvalue weighted by molar-refractivity contribution is 0.674. The Labute approximate surface area is 336 Å². The molecule has 0 radical (unpaired) electrons. The van der Waals surface area contributed by atoms with Crippen LogP contribution < -0.4 is 5.32 Å². The van der Waals surface area contributed by atoms with Crippen LogP contribution in [0.3, 0.4) is 0 Å². The molecule has 8 aromatic carbocycles. The molecule has 11 aromatic rings. The highest BCUT2D eigenvalue weighted by molar-refractivity contribution is 7.26. The molecule has 0 saturated heterocycles. The Morgan fingerprint density at radius 1 is 0.456 bits per heavy atom. The van der Waals surface area contributed by atoms with Gasteiger partial charge in [0, 0.05) is 57.5 Å². The molecule has 6 heteroatoms. The van der Waals surface area contributed by atoms with Gasteiger partial charge in [0.2, 0.25) is 0 Å². The maximum atomic E-state index is 5.21. The number of aliphatic imine (C=N–C) groups is 2. The molecule has 1 N–H and O–H groups in total. The average Bonchev–Trinajstić information content (AvgIpc) is 3.96. The van der Waals surface area contributed by atoms with Crippen LogP contribution in [0.1, 0.15) is 22.9 Å². The van der Waals surface area contributed by atoms with Gasteiger partial charge >= 0.3 is 0 Å². The second-order valence-electron chi connectivity index (χ2n) is 14.6. The molecule has 0 saturated carbocycles. The molecule has 57 heavy (non-hydrogen) atoms. The van der Waals surface area contributed by atoms with Crippen LogP contribution in [0.5, 0.6) is 0 Å². The highest BCUT2D eigenvalue weighted by Gasteiger charge is 2.23. The molecular formula is C51H32N4S2. The quantitative estimate of drug-likeness (QED) is 0.186. The first-order valence-corrected chi connectivity index (χ1v) is 20.8. The maximum Gasteiger partial charge on any atom is 0.160 e. The van der Waals surface area contributed by atoms with Crippen molar-refractivity contribution in [2.75, 3.05) is 0 Å². The second-order valence-corrected chi connectivity index (χ2v) is 16.7. The van der Waals surface area contributed by atoms with Crippen molar-refractivity contribution in [1.29, 1.82) is 0 Å². The summed E-state index contributed by atoms with van der Waals surface area (Å²) in [4.78, 5) is 10.4. The standard InChI is InChI=1S/C51H32N4S2/c1-3-13-31(14-4-1)49-52-50(32-15-5-2-6-16-32)54-51(53-49)40-21-11-19-38-37-27-25-34(30-46(37)57-47(38)40)33-26-28-45-41(29-33)39-20-12-24-44(48(39)56-45)55-42-22-9-7-17-35(42)36-18-8-10-23-43(36)55/h1-30,49H,(H,52,53,54). The fourth-order valence-corrected chi connectivity index (χ4v) is 11.0. The predicted octanol–water partition coefficient (Wildman–Crippen LogP) is 13.7. The molecular weight excluding hydrogens is 733 g/mol. The Morgan fingerprint density at radius 3 is 1.88 bits per heavy atom. The van der Waals surface area contributed by atoms with Crippen molar-refractivity contribution in [1.82, 2.24) is 9.88 Å². The number of nitrogens with zero attached hydrogens (tertiary/aromatic N) is 3. The highest BCUT2D eigenvalue weighted by Crippen LogP contribution is 2.43. The van der Waals surface area contributed by atoms with Crippen LogP contribution in [0.2, 0.25) is 0 Å². The van der Waals surface area contributed by atoms with Crippen LogP contribution in [0.4, 0.5) is 0 Å². The van der Waals surface area contributed by atoms with Crippen molar-refractivity contribution in [3.8, 4) is 16.8 Å². The van der Waals surface area contributed by atoms with Crippen molar-refractivity contribution < 1.29 is 0 Å². The van der Waals surface area contributed by atoms with Crippen LogP contribution >= 0.6 is 22.7 Å². The van der Waals surface area contributed by atoms with Gasteiger partial charge in [-0.25, -0.2) is 9.98 Å². The minimum absolute atomic E-state index is 0.244. The van der Waals surface area contributed by atoms with E-state index in [1.165, 1.54) is 79.0 Å². The zero-order chi connectivity index (χ0) is 37.5. The largest absolute Gasteiger partial charge is 0.344 e. The molecule has 1 unspecified atom stereocenters. The Bertz CT molecular complexity index is 3390. The van der Waals surface area contributed by atoms with Gasteiger partial charge in [0.15, 0.2) is 5.84 Å². The summed E-state index contributed by atoms with van der Waals surface area (Å²) in [5.74, 6) is 1.57. The lowest BCUT2D eigenvalue weighted by Gasteiger charge is -2.23. The van der Waals surface area contributed by atoms with Gasteiger partial charge in [0.1, 0.15) is 12.0 Å². The third kappa shape index (κ3) is 5.18. The van der Waals surface area contributed by atoms with E-state index < -0.39 is 0 Å². The molecule has 268 valence electrons. The first-order valence-electron chi connectivity index (χ1n) is 19.2. The molecule has 0 bridgehead atoms. The van der Waals surface area contributed by atoms with Crippen LogP contribution in [-0.4, -0.2) is 16.2 Å². The smallest absolute Gasteiger partial charge is 0.160 e. The summed E-state index contributed by atoms with van der Waals surface area (Å²) in [5.41, 5.74) is 9.31. The Hall–Kier alpha value is -6.86. The molecule has 1 aliphatic heterocycles. The number of fused-ring (bicyclic) bond motifs is 9. The van der Waals surface area contributed by atoms with Crippen molar-refractivity contribution in [2.45, 2.75) is 6.17 Å². The molecule has 1 atom stereocenters. The average molecular weight is 765 g/mol. The number of hydrogen-bond acceptors (Lipinski definition) is 5. The number of benzene rings is 8. The highest BCUT2D eigenvalue weighted by atomic mass is 32.1. The number of thiophene rings is 2. The zero-order valence-corrected chi connectivity index (χ0v) is 32.2. The van der Waals surface area contributed by atoms with E-state index in [4.69, 9.17) is 9.98 Å². The summed E-state index contributed by atoms with van der Waals surface area (Å²) in [6, 6.07) is 65.4. The normalized spacial score (nSPS) is 14.5. The summed E-state index contributed by atoms with van der Waals surface area (Å²) in [7, 11) is 0. The first-order chi connectivity index (χ1) is 28.2. The van der Waals surface area contributed by atoms with Crippen LogP contribution in [0, 0.1) is 0 Å². The Morgan fingerprint density at radius 2 is 1.09 bits per heavy atom. The number of nitrogens with one attached hydrogen (secondary N) is 1. The molecule has 4 heterocycles. The van der Waals surface area contributed by atoms with E-state index in [2.05, 4.69) is 180 Å². The van der Waals surface area contributed by atoms with Gasteiger partial charge in [0.25, 0.3) is 0 Å². The molecule has 12 rings (SSSR count). The van der Waals surface area contributed by atoms with Gasteiger partial charge in [-0.3, -0.25) is 0 Å². The van der Waals surface area contributed by atoms with Crippen LogP contribution in [0.15, 0.2) is 192 Å². The lowest BCUT2D eigenvalue weighted by atomic mass is 10.0. The molecule has 1 aliphatic rings. The summed E-state index contributed by atoms with van der Waals surface area (Å²) in [5, 5.41) is 11.2. The minimum Gasteiger partial charge on any atom is -0.344 e. The van der Waals surface area contributed by atoms with Crippen molar-refractivity contribution in [3.05, 3.63) is 199 Å². The van der Waals surface area contributed by atoms with Crippen molar-refractivity contribution in [3.63, 3.8) is 0 Å². The fraction of sp³-hybridized carbons (Fsp3) is 0.0196. The van der Waals surface area contributed by atoms with Crippen LogP contribution in [0.25, 0.3) is 79.0 Å². The van der Waals surface area contributed by atoms with E-state index in [0.717, 1.165) is 28.4 Å². The van der Waals surface area contributed by atoms with Gasteiger partial charge in [-0.05, 0) is 59.2 Å². The molecule has 0 amide bonds. The van der Waals surface area contributed by atoms with Gasteiger partial charge < -0.3 is 9.88 Å². The van der Waals surface area contributed by atoms with Gasteiger partial charge in [-0.2, -0.15) is 0 Å². The first kappa shape index (κ1) is 32.4. The molecule has 3 aromatic heterocycles. The Balaban J connectivity index is 0.970.